The average Bonchev–Trinajstić information content (AvgIpc) is 3.20. The number of halogens is 1. The van der Waals surface area contributed by atoms with Gasteiger partial charge in [-0.25, -0.2) is 0 Å². The third-order valence-electron chi connectivity index (χ3n) is 5.76. The molecule has 6 nitrogen and oxygen atoms in total. The Balaban J connectivity index is 2.11. The van der Waals surface area contributed by atoms with Gasteiger partial charge in [-0.15, -0.1) is 0 Å². The van der Waals surface area contributed by atoms with Crippen LogP contribution < -0.4 is 10.9 Å². The Morgan fingerprint density at radius 1 is 0.606 bits per heavy atom. The first-order chi connectivity index (χ1) is 15.8. The Bertz CT molecular complexity index is 1520. The lowest BCUT2D eigenvalue weighted by molar-refractivity contribution is 0.406. The van der Waals surface area contributed by atoms with E-state index in [1.165, 1.54) is 4.57 Å². The van der Waals surface area contributed by atoms with E-state index in [0.717, 1.165) is 11.1 Å². The molecule has 5 aromatic rings. The molecule has 0 aliphatic heterocycles. The van der Waals surface area contributed by atoms with Crippen LogP contribution >= 0.6 is 15.9 Å². The van der Waals surface area contributed by atoms with Crippen molar-refractivity contribution in [1.29, 1.82) is 0 Å². The van der Waals surface area contributed by atoms with E-state index >= 15 is 0 Å². The SMILES string of the molecule is [B]c1c(O)c(O)c2c3c(O)c(Br)c([B])c(O)c3n(-c3ccccc3-c3ccccc3)c2c1O. The van der Waals surface area contributed by atoms with Crippen molar-refractivity contribution in [3.63, 3.8) is 0 Å². The van der Waals surface area contributed by atoms with Crippen LogP contribution in [0.1, 0.15) is 0 Å². The van der Waals surface area contributed by atoms with Crippen molar-refractivity contribution >= 4 is 64.4 Å². The van der Waals surface area contributed by atoms with Gasteiger partial charge in [0.15, 0.2) is 11.5 Å². The van der Waals surface area contributed by atoms with Gasteiger partial charge in [0.25, 0.3) is 0 Å². The fraction of sp³-hybridized carbons (Fsp3) is 0. The summed E-state index contributed by atoms with van der Waals surface area (Å²) < 4.78 is 1.45. The molecule has 4 aromatic carbocycles. The summed E-state index contributed by atoms with van der Waals surface area (Å²) in [6.07, 6.45) is 0. The number of benzene rings is 4. The maximum Gasteiger partial charge on any atom is 0.167 e. The van der Waals surface area contributed by atoms with Crippen LogP contribution in [0.25, 0.3) is 38.6 Å². The second-order valence-corrected chi connectivity index (χ2v) is 8.34. The monoisotopic (exact) mass is 497 g/mol. The number of fused-ring (bicyclic) bond motifs is 3. The van der Waals surface area contributed by atoms with Crippen LogP contribution in [0.2, 0.25) is 0 Å². The van der Waals surface area contributed by atoms with Gasteiger partial charge in [-0.1, -0.05) is 48.5 Å². The smallest absolute Gasteiger partial charge is 0.167 e. The van der Waals surface area contributed by atoms with Crippen LogP contribution in [0.5, 0.6) is 28.7 Å². The molecular weight excluding hydrogens is 484 g/mol. The van der Waals surface area contributed by atoms with Crippen molar-refractivity contribution in [2.24, 2.45) is 0 Å². The Kier molecular flexibility index (Phi) is 4.76. The maximum atomic E-state index is 11.0. The molecule has 0 bridgehead atoms. The summed E-state index contributed by atoms with van der Waals surface area (Å²) in [6, 6.07) is 16.6. The van der Waals surface area contributed by atoms with Crippen LogP contribution in [-0.4, -0.2) is 45.8 Å². The van der Waals surface area contributed by atoms with E-state index in [0.29, 0.717) is 5.69 Å². The van der Waals surface area contributed by atoms with E-state index in [4.69, 9.17) is 15.7 Å². The third kappa shape index (κ3) is 2.82. The summed E-state index contributed by atoms with van der Waals surface area (Å²) in [5.41, 5.74) is 1.46. The molecule has 0 aliphatic carbocycles. The van der Waals surface area contributed by atoms with E-state index in [9.17, 15) is 25.5 Å². The zero-order chi connectivity index (χ0) is 23.6. The highest BCUT2D eigenvalue weighted by Gasteiger charge is 2.29. The van der Waals surface area contributed by atoms with Crippen molar-refractivity contribution in [2.75, 3.05) is 0 Å². The minimum absolute atomic E-state index is 0.00176. The molecule has 0 unspecified atom stereocenters. The standard InChI is InChI=1S/C24H14B2BrNO5/c25-15-17(27)20(29)13-14-19(23(32)16(26)24(33)21(14)30)28(18(13)22(15)31)12-9-5-4-8-11(12)10-6-2-1-3-7-10/h1-9,29-33H. The Hall–Kier alpha value is -3.71. The molecule has 0 atom stereocenters. The fourth-order valence-corrected chi connectivity index (χ4v) is 4.59. The Labute approximate surface area is 198 Å². The molecule has 5 rings (SSSR count). The van der Waals surface area contributed by atoms with E-state index in [1.807, 2.05) is 42.5 Å². The molecule has 0 aliphatic rings. The van der Waals surface area contributed by atoms with Crippen molar-refractivity contribution in [3.8, 4) is 45.6 Å². The molecule has 33 heavy (non-hydrogen) atoms. The van der Waals surface area contributed by atoms with Crippen molar-refractivity contribution < 1.29 is 25.5 Å². The van der Waals surface area contributed by atoms with Crippen molar-refractivity contribution in [1.82, 2.24) is 4.57 Å². The van der Waals surface area contributed by atoms with Gasteiger partial charge in [0.2, 0.25) is 0 Å². The normalized spacial score (nSPS) is 11.4. The fourth-order valence-electron chi connectivity index (χ4n) is 4.21. The molecule has 0 saturated heterocycles. The topological polar surface area (TPSA) is 106 Å². The van der Waals surface area contributed by atoms with Crippen molar-refractivity contribution in [3.05, 3.63) is 59.1 Å². The molecule has 0 fully saturated rings. The first-order valence-corrected chi connectivity index (χ1v) is 10.6. The van der Waals surface area contributed by atoms with Gasteiger partial charge in [-0.05, 0) is 38.5 Å². The molecule has 9 heteroatoms. The molecule has 4 radical (unpaired) electrons. The largest absolute Gasteiger partial charge is 0.506 e. The molecule has 0 saturated carbocycles. The maximum absolute atomic E-state index is 11.0. The zero-order valence-electron chi connectivity index (χ0n) is 16.9. The second kappa shape index (κ2) is 7.42. The zero-order valence-corrected chi connectivity index (χ0v) is 18.5. The lowest BCUT2D eigenvalue weighted by atomic mass is 9.90. The number of aromatic nitrogens is 1. The van der Waals surface area contributed by atoms with Gasteiger partial charge in [0.1, 0.15) is 32.9 Å². The van der Waals surface area contributed by atoms with Gasteiger partial charge in [-0.3, -0.25) is 0 Å². The molecule has 158 valence electrons. The predicted octanol–water partition coefficient (Wildman–Crippen LogP) is 3.33. The molecule has 5 N–H and O–H groups in total. The summed E-state index contributed by atoms with van der Waals surface area (Å²) in [7, 11) is 11.9. The highest BCUT2D eigenvalue weighted by molar-refractivity contribution is 9.10. The molecule has 1 aromatic heterocycles. The van der Waals surface area contributed by atoms with E-state index in [1.54, 1.807) is 12.1 Å². The Morgan fingerprint density at radius 2 is 1.15 bits per heavy atom. The second-order valence-electron chi connectivity index (χ2n) is 7.55. The van der Waals surface area contributed by atoms with Gasteiger partial charge in [0.05, 0.1) is 32.0 Å². The summed E-state index contributed by atoms with van der Waals surface area (Å²) in [4.78, 5) is 0. The third-order valence-corrected chi connectivity index (χ3v) is 6.56. The first kappa shape index (κ1) is 21.2. The van der Waals surface area contributed by atoms with E-state index in [2.05, 4.69) is 15.9 Å². The van der Waals surface area contributed by atoms with Crippen LogP contribution in [-0.2, 0) is 0 Å². The number of phenolic OH excluding ortho intramolecular Hbond substituents is 5. The molecular formula is C24H14B2BrNO5. The number of aromatic hydroxyl groups is 5. The molecule has 1 heterocycles. The summed E-state index contributed by atoms with van der Waals surface area (Å²) in [6.45, 7) is 0. The van der Waals surface area contributed by atoms with Crippen LogP contribution in [0.3, 0.4) is 0 Å². The highest BCUT2D eigenvalue weighted by Crippen LogP contribution is 2.51. The average molecular weight is 498 g/mol. The van der Waals surface area contributed by atoms with Gasteiger partial charge >= 0.3 is 0 Å². The van der Waals surface area contributed by atoms with Crippen molar-refractivity contribution in [2.45, 2.75) is 0 Å². The number of rotatable bonds is 2. The van der Waals surface area contributed by atoms with Gasteiger partial charge in [-0.2, -0.15) is 0 Å². The summed E-state index contributed by atoms with van der Waals surface area (Å²) in [5.74, 6) is -2.73. The Morgan fingerprint density at radius 3 is 1.82 bits per heavy atom. The first-order valence-electron chi connectivity index (χ1n) is 9.79. The summed E-state index contributed by atoms with van der Waals surface area (Å²) in [5, 5.41) is 53.9. The van der Waals surface area contributed by atoms with Crippen LogP contribution in [0.15, 0.2) is 59.1 Å². The number of phenols is 5. The number of nitrogens with zero attached hydrogens (tertiary/aromatic N) is 1. The molecule has 0 spiro atoms. The minimum atomic E-state index is -0.748. The van der Waals surface area contributed by atoms with Gasteiger partial charge < -0.3 is 30.1 Å². The number of hydrogen-bond donors (Lipinski definition) is 5. The minimum Gasteiger partial charge on any atom is -0.506 e. The number of para-hydroxylation sites is 1. The highest BCUT2D eigenvalue weighted by atomic mass is 79.9. The lowest BCUT2D eigenvalue weighted by Gasteiger charge is -2.17. The lowest BCUT2D eigenvalue weighted by Crippen LogP contribution is -2.08. The van der Waals surface area contributed by atoms with Crippen LogP contribution in [0.4, 0.5) is 0 Å². The van der Waals surface area contributed by atoms with Crippen LogP contribution in [0, 0.1) is 0 Å². The van der Waals surface area contributed by atoms with E-state index in [-0.39, 0.29) is 37.5 Å². The molecule has 0 amide bonds. The predicted molar refractivity (Wildman–Crippen MR) is 133 cm³/mol. The quantitative estimate of drug-likeness (QED) is 0.146. The number of hydrogen-bond acceptors (Lipinski definition) is 5. The summed E-state index contributed by atoms with van der Waals surface area (Å²) >= 11 is 3.15. The van der Waals surface area contributed by atoms with E-state index < -0.39 is 28.5 Å². The van der Waals surface area contributed by atoms with Gasteiger partial charge in [0, 0.05) is 5.56 Å².